The van der Waals surface area contributed by atoms with Crippen molar-refractivity contribution in [2.24, 2.45) is 0 Å². The highest BCUT2D eigenvalue weighted by atomic mass is 35.5. The van der Waals surface area contributed by atoms with Crippen molar-refractivity contribution in [1.82, 2.24) is 5.32 Å². The molecule has 0 aromatic heterocycles. The van der Waals surface area contributed by atoms with Crippen LogP contribution in [0.4, 0.5) is 0 Å². The molecular formula is C6H14ClNO3. The maximum absolute atomic E-state index is 10.5. The molecule has 0 aromatic rings. The number of esters is 1. The van der Waals surface area contributed by atoms with Crippen molar-refractivity contribution < 1.29 is 14.6 Å². The van der Waals surface area contributed by atoms with Crippen LogP contribution in [0.3, 0.4) is 0 Å². The standard InChI is InChI=1S/C6H13NO3.ClH/c1-10-6(9)2-3-7-4-5-8;/h7-8H,2-5H2,1H3;1H. The molecule has 0 fully saturated rings. The minimum Gasteiger partial charge on any atom is -0.469 e. The van der Waals surface area contributed by atoms with Gasteiger partial charge in [0, 0.05) is 13.1 Å². The van der Waals surface area contributed by atoms with Gasteiger partial charge < -0.3 is 15.2 Å². The van der Waals surface area contributed by atoms with Crippen LogP contribution >= 0.6 is 12.4 Å². The minimum absolute atomic E-state index is 0. The van der Waals surface area contributed by atoms with Crippen molar-refractivity contribution in [2.75, 3.05) is 26.8 Å². The Hall–Kier alpha value is -0.320. The zero-order valence-corrected chi connectivity index (χ0v) is 7.32. The van der Waals surface area contributed by atoms with Gasteiger partial charge in [0.15, 0.2) is 0 Å². The van der Waals surface area contributed by atoms with Crippen LogP contribution in [0.5, 0.6) is 0 Å². The van der Waals surface area contributed by atoms with Gasteiger partial charge in [-0.15, -0.1) is 12.4 Å². The molecule has 0 atom stereocenters. The third kappa shape index (κ3) is 9.68. The molecule has 0 amide bonds. The van der Waals surface area contributed by atoms with Gasteiger partial charge in [-0.2, -0.15) is 0 Å². The number of carbonyl (C=O) groups excluding carboxylic acids is 1. The first-order valence-electron chi connectivity index (χ1n) is 3.19. The van der Waals surface area contributed by atoms with E-state index in [1.54, 1.807) is 0 Å². The lowest BCUT2D eigenvalue weighted by Crippen LogP contribution is -2.21. The van der Waals surface area contributed by atoms with Crippen LogP contribution in [0.2, 0.25) is 0 Å². The van der Waals surface area contributed by atoms with Crippen molar-refractivity contribution in [1.29, 1.82) is 0 Å². The molecule has 2 N–H and O–H groups in total. The first-order valence-corrected chi connectivity index (χ1v) is 3.19. The molecule has 0 aromatic carbocycles. The maximum atomic E-state index is 10.5. The van der Waals surface area contributed by atoms with Crippen LogP contribution in [0.25, 0.3) is 0 Å². The van der Waals surface area contributed by atoms with Gasteiger partial charge >= 0.3 is 5.97 Å². The first kappa shape index (κ1) is 13.3. The van der Waals surface area contributed by atoms with Gasteiger partial charge in [-0.3, -0.25) is 4.79 Å². The lowest BCUT2D eigenvalue weighted by molar-refractivity contribution is -0.140. The van der Waals surface area contributed by atoms with Gasteiger partial charge in [0.2, 0.25) is 0 Å². The Kier molecular flexibility index (Phi) is 11.7. The molecule has 4 nitrogen and oxygen atoms in total. The number of aliphatic hydroxyl groups is 1. The third-order valence-corrected chi connectivity index (χ3v) is 1.02. The monoisotopic (exact) mass is 183 g/mol. The fourth-order valence-electron chi connectivity index (χ4n) is 0.497. The summed E-state index contributed by atoms with van der Waals surface area (Å²) < 4.78 is 4.39. The fourth-order valence-corrected chi connectivity index (χ4v) is 0.497. The second-order valence-electron chi connectivity index (χ2n) is 1.80. The van der Waals surface area contributed by atoms with Crippen molar-refractivity contribution >= 4 is 18.4 Å². The van der Waals surface area contributed by atoms with Gasteiger partial charge in [-0.05, 0) is 0 Å². The molecule has 0 spiro atoms. The minimum atomic E-state index is -0.231. The summed E-state index contributed by atoms with van der Waals surface area (Å²) in [5.74, 6) is -0.231. The number of hydrogen-bond donors (Lipinski definition) is 2. The third-order valence-electron chi connectivity index (χ3n) is 1.02. The molecule has 5 heteroatoms. The van der Waals surface area contributed by atoms with Gasteiger partial charge in [0.25, 0.3) is 0 Å². The average molecular weight is 184 g/mol. The van der Waals surface area contributed by atoms with Crippen molar-refractivity contribution in [3.8, 4) is 0 Å². The van der Waals surface area contributed by atoms with E-state index < -0.39 is 0 Å². The molecule has 0 unspecified atom stereocenters. The lowest BCUT2D eigenvalue weighted by Gasteiger charge is -1.99. The van der Waals surface area contributed by atoms with Gasteiger partial charge in [0.1, 0.15) is 0 Å². The molecule has 0 aliphatic rings. The number of carbonyl (C=O) groups is 1. The summed E-state index contributed by atoms with van der Waals surface area (Å²) in [4.78, 5) is 10.5. The highest BCUT2D eigenvalue weighted by Crippen LogP contribution is 1.79. The van der Waals surface area contributed by atoms with E-state index in [4.69, 9.17) is 5.11 Å². The predicted octanol–water partition coefficient (Wildman–Crippen LogP) is -0.447. The lowest BCUT2D eigenvalue weighted by atomic mass is 10.4. The molecule has 68 valence electrons. The SMILES string of the molecule is COC(=O)CCNCCO.Cl. The zero-order chi connectivity index (χ0) is 7.82. The molecule has 0 saturated heterocycles. The Bertz CT molecular complexity index is 99.8. The van der Waals surface area contributed by atoms with E-state index in [-0.39, 0.29) is 25.0 Å². The molecule has 0 aliphatic carbocycles. The maximum Gasteiger partial charge on any atom is 0.306 e. The number of methoxy groups -OCH3 is 1. The Labute approximate surface area is 72.3 Å². The Morgan fingerprint density at radius 3 is 2.64 bits per heavy atom. The summed E-state index contributed by atoms with van der Waals surface area (Å²) in [6.45, 7) is 1.19. The van der Waals surface area contributed by atoms with E-state index >= 15 is 0 Å². The van der Waals surface area contributed by atoms with Gasteiger partial charge in [-0.25, -0.2) is 0 Å². The second kappa shape index (κ2) is 9.68. The second-order valence-corrected chi connectivity index (χ2v) is 1.80. The van der Waals surface area contributed by atoms with Gasteiger partial charge in [-0.1, -0.05) is 0 Å². The van der Waals surface area contributed by atoms with Crippen LogP contribution < -0.4 is 5.32 Å². The first-order chi connectivity index (χ1) is 4.81. The summed E-state index contributed by atoms with van der Waals surface area (Å²) in [5.41, 5.74) is 0. The van der Waals surface area contributed by atoms with Crippen molar-refractivity contribution in [3.05, 3.63) is 0 Å². The Morgan fingerprint density at radius 1 is 1.55 bits per heavy atom. The highest BCUT2D eigenvalue weighted by molar-refractivity contribution is 5.85. The van der Waals surface area contributed by atoms with Crippen LogP contribution in [0.1, 0.15) is 6.42 Å². The molecule has 11 heavy (non-hydrogen) atoms. The van der Waals surface area contributed by atoms with Crippen LogP contribution in [0.15, 0.2) is 0 Å². The largest absolute Gasteiger partial charge is 0.469 e. The normalized spacial score (nSPS) is 8.55. The number of ether oxygens (including phenoxy) is 1. The Morgan fingerprint density at radius 2 is 2.18 bits per heavy atom. The van der Waals surface area contributed by atoms with E-state index in [0.717, 1.165) is 0 Å². The summed E-state index contributed by atoms with van der Waals surface area (Å²) in [5, 5.41) is 11.2. The zero-order valence-electron chi connectivity index (χ0n) is 6.50. The number of aliphatic hydroxyl groups excluding tert-OH is 1. The highest BCUT2D eigenvalue weighted by Gasteiger charge is 1.96. The van der Waals surface area contributed by atoms with Crippen LogP contribution in [-0.4, -0.2) is 37.9 Å². The molecule has 0 saturated carbocycles. The average Bonchev–Trinajstić information content (AvgIpc) is 1.98. The molecule has 0 radical (unpaired) electrons. The smallest absolute Gasteiger partial charge is 0.306 e. The van der Waals surface area contributed by atoms with E-state index in [2.05, 4.69) is 10.1 Å². The van der Waals surface area contributed by atoms with Crippen molar-refractivity contribution in [3.63, 3.8) is 0 Å². The predicted molar refractivity (Wildman–Crippen MR) is 43.8 cm³/mol. The summed E-state index contributed by atoms with van der Waals surface area (Å²) >= 11 is 0. The number of hydrogen-bond acceptors (Lipinski definition) is 4. The number of halogens is 1. The summed E-state index contributed by atoms with van der Waals surface area (Å²) in [7, 11) is 1.36. The van der Waals surface area contributed by atoms with E-state index in [0.29, 0.717) is 19.5 Å². The van der Waals surface area contributed by atoms with E-state index in [9.17, 15) is 4.79 Å². The topological polar surface area (TPSA) is 58.6 Å². The van der Waals surface area contributed by atoms with Crippen LogP contribution in [0, 0.1) is 0 Å². The Balaban J connectivity index is 0. The molecular weight excluding hydrogens is 170 g/mol. The van der Waals surface area contributed by atoms with E-state index in [1.165, 1.54) is 7.11 Å². The molecule has 0 bridgehead atoms. The van der Waals surface area contributed by atoms with Crippen molar-refractivity contribution in [2.45, 2.75) is 6.42 Å². The molecule has 0 heterocycles. The molecule has 0 aliphatic heterocycles. The van der Waals surface area contributed by atoms with Gasteiger partial charge in [0.05, 0.1) is 20.1 Å². The van der Waals surface area contributed by atoms with Crippen LogP contribution in [-0.2, 0) is 9.53 Å². The summed E-state index contributed by atoms with van der Waals surface area (Å²) in [6, 6.07) is 0. The fraction of sp³-hybridized carbons (Fsp3) is 0.833. The number of nitrogens with one attached hydrogen (secondary N) is 1. The summed E-state index contributed by atoms with van der Waals surface area (Å²) in [6.07, 6.45) is 0.358. The molecule has 0 rings (SSSR count). The number of rotatable bonds is 5. The van der Waals surface area contributed by atoms with E-state index in [1.807, 2.05) is 0 Å². The quantitative estimate of drug-likeness (QED) is 0.448.